The van der Waals surface area contributed by atoms with Gasteiger partial charge in [0.15, 0.2) is 0 Å². The molecule has 0 radical (unpaired) electrons. The first-order valence-electron chi connectivity index (χ1n) is 12.0. The lowest BCUT2D eigenvalue weighted by molar-refractivity contribution is -0.119. The molecule has 0 bridgehead atoms. The Hall–Kier alpha value is -4.24. The molecular weight excluding hydrogens is 503 g/mol. The van der Waals surface area contributed by atoms with Crippen LogP contribution in [0.5, 0.6) is 0 Å². The first-order chi connectivity index (χ1) is 18.1. The second kappa shape index (κ2) is 11.0. The van der Waals surface area contributed by atoms with Gasteiger partial charge in [-0.3, -0.25) is 9.10 Å². The van der Waals surface area contributed by atoms with E-state index in [2.05, 4.69) is 15.1 Å². The zero-order valence-corrected chi connectivity index (χ0v) is 22.5. The molecule has 0 aliphatic rings. The summed E-state index contributed by atoms with van der Waals surface area (Å²) in [6, 6.07) is 21.3. The molecule has 4 rings (SSSR count). The molecule has 0 spiro atoms. The summed E-state index contributed by atoms with van der Waals surface area (Å²) in [4.78, 5) is 12.7. The normalized spacial score (nSPS) is 11.6. The van der Waals surface area contributed by atoms with Crippen molar-refractivity contribution in [1.82, 2.24) is 9.99 Å². The Kier molecular flexibility index (Phi) is 7.78. The fourth-order valence-electron chi connectivity index (χ4n) is 4.11. The van der Waals surface area contributed by atoms with E-state index in [1.807, 2.05) is 58.0 Å². The molecule has 0 atom stereocenters. The van der Waals surface area contributed by atoms with E-state index < -0.39 is 28.3 Å². The highest BCUT2D eigenvalue weighted by Gasteiger charge is 2.27. The number of sulfonamides is 1. The van der Waals surface area contributed by atoms with Gasteiger partial charge in [-0.1, -0.05) is 35.4 Å². The first-order valence-corrected chi connectivity index (χ1v) is 13.4. The minimum Gasteiger partial charge on any atom is -0.318 e. The van der Waals surface area contributed by atoms with Crippen LogP contribution in [0.25, 0.3) is 5.69 Å². The van der Waals surface area contributed by atoms with Gasteiger partial charge in [0.25, 0.3) is 15.9 Å². The minimum absolute atomic E-state index is 0.126. The van der Waals surface area contributed by atoms with Crippen molar-refractivity contribution in [3.05, 3.63) is 113 Å². The SMILES string of the molecule is Cc1ccc(N(CC(=O)N/N=C/c2cc(C)n(-c3ccc(C)cc3)c2C)S(=O)(=O)c2ccc(F)cc2)cc1. The van der Waals surface area contributed by atoms with E-state index in [1.54, 1.807) is 24.3 Å². The first kappa shape index (κ1) is 26.8. The molecule has 1 N–H and O–H groups in total. The van der Waals surface area contributed by atoms with Crippen LogP contribution in [0.15, 0.2) is 88.9 Å². The zero-order valence-electron chi connectivity index (χ0n) is 21.6. The lowest BCUT2D eigenvalue weighted by atomic mass is 10.2. The Morgan fingerprint density at radius 2 is 1.50 bits per heavy atom. The fourth-order valence-corrected chi connectivity index (χ4v) is 5.53. The highest BCUT2D eigenvalue weighted by Crippen LogP contribution is 2.24. The van der Waals surface area contributed by atoms with Crippen molar-refractivity contribution < 1.29 is 17.6 Å². The van der Waals surface area contributed by atoms with Gasteiger partial charge in [-0.25, -0.2) is 18.2 Å². The van der Waals surface area contributed by atoms with Gasteiger partial charge in [0.1, 0.15) is 12.4 Å². The lowest BCUT2D eigenvalue weighted by Crippen LogP contribution is -2.39. The molecule has 4 aromatic rings. The van der Waals surface area contributed by atoms with Crippen LogP contribution in [0.2, 0.25) is 0 Å². The number of hydrogen-bond donors (Lipinski definition) is 1. The van der Waals surface area contributed by atoms with Crippen LogP contribution >= 0.6 is 0 Å². The molecule has 1 amide bonds. The van der Waals surface area contributed by atoms with Gasteiger partial charge in [0.05, 0.1) is 16.8 Å². The number of aromatic nitrogens is 1. The third-order valence-electron chi connectivity index (χ3n) is 6.17. The van der Waals surface area contributed by atoms with E-state index in [0.29, 0.717) is 5.69 Å². The molecule has 38 heavy (non-hydrogen) atoms. The quantitative estimate of drug-likeness (QED) is 0.250. The van der Waals surface area contributed by atoms with Crippen molar-refractivity contribution in [2.75, 3.05) is 10.8 Å². The minimum atomic E-state index is -4.15. The number of carbonyl (C=O) groups excluding carboxylic acids is 1. The van der Waals surface area contributed by atoms with E-state index in [4.69, 9.17) is 0 Å². The number of halogens is 1. The monoisotopic (exact) mass is 532 g/mol. The molecule has 9 heteroatoms. The smallest absolute Gasteiger partial charge is 0.264 e. The number of rotatable bonds is 8. The number of benzene rings is 3. The molecule has 1 heterocycles. The number of hydrogen-bond acceptors (Lipinski definition) is 4. The molecule has 0 aliphatic heterocycles. The van der Waals surface area contributed by atoms with Crippen molar-refractivity contribution in [1.29, 1.82) is 0 Å². The number of aryl methyl sites for hydroxylation is 3. The maximum atomic E-state index is 13.4. The summed E-state index contributed by atoms with van der Waals surface area (Å²) >= 11 is 0. The predicted octanol–water partition coefficient (Wildman–Crippen LogP) is 5.20. The maximum absolute atomic E-state index is 13.4. The number of anilines is 1. The van der Waals surface area contributed by atoms with Crippen LogP contribution in [-0.2, 0) is 14.8 Å². The molecule has 0 unspecified atom stereocenters. The number of nitrogens with one attached hydrogen (secondary N) is 1. The molecule has 1 aromatic heterocycles. The summed E-state index contributed by atoms with van der Waals surface area (Å²) in [6.07, 6.45) is 1.54. The second-order valence-corrected chi connectivity index (χ2v) is 11.0. The Morgan fingerprint density at radius 3 is 2.11 bits per heavy atom. The summed E-state index contributed by atoms with van der Waals surface area (Å²) in [5.74, 6) is -1.18. The third-order valence-corrected chi connectivity index (χ3v) is 7.95. The largest absolute Gasteiger partial charge is 0.318 e. The van der Waals surface area contributed by atoms with Crippen LogP contribution in [0, 0.1) is 33.5 Å². The van der Waals surface area contributed by atoms with Gasteiger partial charge >= 0.3 is 0 Å². The Balaban J connectivity index is 1.54. The van der Waals surface area contributed by atoms with E-state index in [1.165, 1.54) is 23.9 Å². The summed E-state index contributed by atoms with van der Waals surface area (Å²) < 4.78 is 43.2. The molecule has 7 nitrogen and oxygen atoms in total. The Morgan fingerprint density at radius 1 is 0.921 bits per heavy atom. The Bertz CT molecular complexity index is 1570. The van der Waals surface area contributed by atoms with E-state index in [0.717, 1.165) is 44.6 Å². The average Bonchev–Trinajstić information content (AvgIpc) is 3.16. The van der Waals surface area contributed by atoms with Gasteiger partial charge in [-0.05, 0) is 82.3 Å². The van der Waals surface area contributed by atoms with Crippen LogP contribution in [-0.4, -0.2) is 31.7 Å². The molecule has 0 aliphatic carbocycles. The second-order valence-electron chi connectivity index (χ2n) is 9.09. The molecule has 0 saturated carbocycles. The molecule has 0 saturated heterocycles. The van der Waals surface area contributed by atoms with E-state index >= 15 is 0 Å². The number of hydrazone groups is 1. The molecular formula is C29H29FN4O3S. The zero-order chi connectivity index (χ0) is 27.4. The van der Waals surface area contributed by atoms with Crippen molar-refractivity contribution in [2.45, 2.75) is 32.6 Å². The third kappa shape index (κ3) is 5.84. The van der Waals surface area contributed by atoms with Crippen molar-refractivity contribution in [3.8, 4) is 5.69 Å². The highest BCUT2D eigenvalue weighted by atomic mass is 32.2. The number of amides is 1. The van der Waals surface area contributed by atoms with Crippen molar-refractivity contribution >= 4 is 27.8 Å². The summed E-state index contributed by atoms with van der Waals surface area (Å²) in [5.41, 5.74) is 8.64. The molecule has 0 fully saturated rings. The van der Waals surface area contributed by atoms with Crippen molar-refractivity contribution in [3.63, 3.8) is 0 Å². The standard InChI is InChI=1S/C29H29FN4O3S/c1-20-5-11-26(12-6-20)33(38(36,37)28-15-9-25(30)10-16-28)19-29(35)32-31-18-24-17-22(3)34(23(24)4)27-13-7-21(2)8-14-27/h5-18H,19H2,1-4H3,(H,32,35)/b31-18+. The van der Waals surface area contributed by atoms with Gasteiger partial charge in [0, 0.05) is 22.6 Å². The molecule has 196 valence electrons. The fraction of sp³-hybridized carbons (Fsp3) is 0.172. The number of nitrogens with zero attached hydrogens (tertiary/aromatic N) is 3. The van der Waals surface area contributed by atoms with E-state index in [9.17, 15) is 17.6 Å². The van der Waals surface area contributed by atoms with Crippen LogP contribution in [0.4, 0.5) is 10.1 Å². The van der Waals surface area contributed by atoms with Crippen LogP contribution in [0.3, 0.4) is 0 Å². The summed E-state index contributed by atoms with van der Waals surface area (Å²) in [6.45, 7) is 7.35. The molecule has 3 aromatic carbocycles. The topological polar surface area (TPSA) is 83.8 Å². The summed E-state index contributed by atoms with van der Waals surface area (Å²) in [5, 5.41) is 4.08. The average molecular weight is 533 g/mol. The van der Waals surface area contributed by atoms with Crippen molar-refractivity contribution in [2.24, 2.45) is 5.10 Å². The Labute approximate surface area is 222 Å². The lowest BCUT2D eigenvalue weighted by Gasteiger charge is -2.23. The van der Waals surface area contributed by atoms with Gasteiger partial charge in [-0.15, -0.1) is 0 Å². The highest BCUT2D eigenvalue weighted by molar-refractivity contribution is 7.92. The maximum Gasteiger partial charge on any atom is 0.264 e. The predicted molar refractivity (Wildman–Crippen MR) is 148 cm³/mol. The van der Waals surface area contributed by atoms with Gasteiger partial charge in [0.2, 0.25) is 0 Å². The number of carbonyl (C=O) groups is 1. The van der Waals surface area contributed by atoms with Crippen LogP contribution < -0.4 is 9.73 Å². The van der Waals surface area contributed by atoms with Gasteiger partial charge < -0.3 is 4.57 Å². The van der Waals surface area contributed by atoms with Gasteiger partial charge in [-0.2, -0.15) is 5.10 Å². The van der Waals surface area contributed by atoms with E-state index in [-0.39, 0.29) is 4.90 Å². The van der Waals surface area contributed by atoms with Crippen LogP contribution in [0.1, 0.15) is 28.1 Å². The summed E-state index contributed by atoms with van der Waals surface area (Å²) in [7, 11) is -4.15.